The number of imidazole rings is 1. The van der Waals surface area contributed by atoms with Crippen molar-refractivity contribution in [3.05, 3.63) is 40.8 Å². The normalized spacial score (nSPS) is 13.2. The molecule has 150 valence electrons. The first kappa shape index (κ1) is 20.5. The number of alkyl halides is 3. The molecule has 0 spiro atoms. The van der Waals surface area contributed by atoms with Gasteiger partial charge in [-0.15, -0.1) is 0 Å². The minimum atomic E-state index is -4.46. The van der Waals surface area contributed by atoms with Gasteiger partial charge in [-0.05, 0) is 38.8 Å². The van der Waals surface area contributed by atoms with Gasteiger partial charge in [0.15, 0.2) is 5.82 Å². The van der Waals surface area contributed by atoms with Crippen LogP contribution in [-0.2, 0) is 23.9 Å². The average molecular weight is 413 g/mol. The van der Waals surface area contributed by atoms with Crippen LogP contribution in [-0.4, -0.2) is 33.0 Å². The van der Waals surface area contributed by atoms with Gasteiger partial charge in [0.25, 0.3) is 0 Å². The van der Waals surface area contributed by atoms with E-state index in [9.17, 15) is 13.2 Å². The Morgan fingerprint density at radius 3 is 2.61 bits per heavy atom. The SMILES string of the molecule is CCn1nc2ncnc-2c(-c2ccc(C(F)(F)F)cc2Cl)c1CCC(C)OC. The van der Waals surface area contributed by atoms with E-state index < -0.39 is 11.7 Å². The van der Waals surface area contributed by atoms with Gasteiger partial charge in [0.05, 0.1) is 11.7 Å². The number of rotatable bonds is 6. The number of hydrogen-bond acceptors (Lipinski definition) is 4. The lowest BCUT2D eigenvalue weighted by atomic mass is 9.96. The standard InChI is InChI=1S/C19H20ClF3N4O/c1-4-27-15(8-5-11(2)28-3)16(17-18(26-27)25-10-24-17)13-7-6-12(9-14(13)20)19(21,22)23/h6-7,9-11H,4-5,8H2,1-3H3. The smallest absolute Gasteiger partial charge is 0.382 e. The number of aromatic nitrogens is 4. The maximum Gasteiger partial charge on any atom is 0.416 e. The summed E-state index contributed by atoms with van der Waals surface area (Å²) in [7, 11) is 1.64. The van der Waals surface area contributed by atoms with Crippen LogP contribution in [0.15, 0.2) is 24.5 Å². The first-order valence-electron chi connectivity index (χ1n) is 8.86. The first-order chi connectivity index (χ1) is 13.3. The maximum atomic E-state index is 13.0. The van der Waals surface area contributed by atoms with Crippen LogP contribution in [0.1, 0.15) is 31.5 Å². The van der Waals surface area contributed by atoms with E-state index >= 15 is 0 Å². The molecule has 1 aromatic carbocycles. The van der Waals surface area contributed by atoms with Crippen LogP contribution in [0.3, 0.4) is 0 Å². The van der Waals surface area contributed by atoms with Gasteiger partial charge in [-0.2, -0.15) is 18.3 Å². The Labute approximate surface area is 165 Å². The molecule has 0 bridgehead atoms. The van der Waals surface area contributed by atoms with Gasteiger partial charge in [-0.1, -0.05) is 17.7 Å². The third-order valence-corrected chi connectivity index (χ3v) is 5.00. The molecular formula is C19H20ClF3N4O. The number of aryl methyl sites for hydroxylation is 1. The van der Waals surface area contributed by atoms with E-state index in [2.05, 4.69) is 15.1 Å². The van der Waals surface area contributed by atoms with Gasteiger partial charge in [0, 0.05) is 35.5 Å². The number of hydrogen-bond donors (Lipinski definition) is 0. The highest BCUT2D eigenvalue weighted by molar-refractivity contribution is 6.33. The highest BCUT2D eigenvalue weighted by Crippen LogP contribution is 2.40. The van der Waals surface area contributed by atoms with Crippen LogP contribution < -0.4 is 0 Å². The topological polar surface area (TPSA) is 52.8 Å². The Bertz CT molecular complexity index is 942. The van der Waals surface area contributed by atoms with Crippen molar-refractivity contribution in [2.45, 2.75) is 45.5 Å². The number of methoxy groups -OCH3 is 1. The number of benzene rings is 1. The summed E-state index contributed by atoms with van der Waals surface area (Å²) in [4.78, 5) is 8.45. The number of ether oxygens (including phenoxy) is 1. The van der Waals surface area contributed by atoms with E-state index in [0.717, 1.165) is 17.8 Å². The van der Waals surface area contributed by atoms with Crippen LogP contribution in [0.5, 0.6) is 0 Å². The van der Waals surface area contributed by atoms with E-state index in [4.69, 9.17) is 16.3 Å². The highest BCUT2D eigenvalue weighted by atomic mass is 35.5. The highest BCUT2D eigenvalue weighted by Gasteiger charge is 2.32. The molecule has 9 heteroatoms. The molecule has 28 heavy (non-hydrogen) atoms. The maximum absolute atomic E-state index is 13.0. The zero-order chi connectivity index (χ0) is 20.5. The molecule has 5 nitrogen and oxygen atoms in total. The van der Waals surface area contributed by atoms with Crippen molar-refractivity contribution in [3.8, 4) is 22.6 Å². The van der Waals surface area contributed by atoms with Crippen molar-refractivity contribution in [2.75, 3.05) is 7.11 Å². The van der Waals surface area contributed by atoms with Crippen molar-refractivity contribution in [3.63, 3.8) is 0 Å². The summed E-state index contributed by atoms with van der Waals surface area (Å²) in [6, 6.07) is 3.36. The quantitative estimate of drug-likeness (QED) is 0.565. The molecule has 2 aliphatic heterocycles. The number of halogens is 4. The number of fused-ring (bicyclic) bond motifs is 1. The second-order valence-electron chi connectivity index (χ2n) is 6.46. The fourth-order valence-corrected chi connectivity index (χ4v) is 3.38. The molecule has 0 aliphatic carbocycles. The van der Waals surface area contributed by atoms with Gasteiger partial charge in [-0.25, -0.2) is 9.97 Å². The fourth-order valence-electron chi connectivity index (χ4n) is 3.10. The van der Waals surface area contributed by atoms with Crippen LogP contribution in [0.25, 0.3) is 22.6 Å². The lowest BCUT2D eigenvalue weighted by molar-refractivity contribution is -0.137. The third kappa shape index (κ3) is 3.98. The van der Waals surface area contributed by atoms with Crippen molar-refractivity contribution < 1.29 is 17.9 Å². The second kappa shape index (κ2) is 8.05. The Morgan fingerprint density at radius 2 is 2.00 bits per heavy atom. The van der Waals surface area contributed by atoms with Gasteiger partial charge >= 0.3 is 6.18 Å². The molecule has 0 saturated carbocycles. The fraction of sp³-hybridized carbons (Fsp3) is 0.421. The summed E-state index contributed by atoms with van der Waals surface area (Å²) < 4.78 is 46.3. The first-order valence-corrected chi connectivity index (χ1v) is 9.24. The largest absolute Gasteiger partial charge is 0.416 e. The molecule has 2 aliphatic rings. The van der Waals surface area contributed by atoms with Gasteiger partial charge in [-0.3, -0.25) is 4.68 Å². The van der Waals surface area contributed by atoms with Gasteiger partial charge < -0.3 is 4.74 Å². The van der Waals surface area contributed by atoms with Crippen LogP contribution in [0, 0.1) is 0 Å². The van der Waals surface area contributed by atoms with Gasteiger partial charge in [0.1, 0.15) is 12.0 Å². The van der Waals surface area contributed by atoms with Crippen LogP contribution in [0.2, 0.25) is 5.02 Å². The molecule has 2 heterocycles. The molecule has 0 N–H and O–H groups in total. The summed E-state index contributed by atoms with van der Waals surface area (Å²) in [6.45, 7) is 4.47. The molecule has 0 saturated heterocycles. The van der Waals surface area contributed by atoms with E-state index in [-0.39, 0.29) is 11.1 Å². The Morgan fingerprint density at radius 1 is 1.25 bits per heavy atom. The van der Waals surface area contributed by atoms with E-state index in [1.54, 1.807) is 11.8 Å². The Kier molecular flexibility index (Phi) is 5.90. The second-order valence-corrected chi connectivity index (χ2v) is 6.87. The van der Waals surface area contributed by atoms with Crippen molar-refractivity contribution in [2.24, 2.45) is 0 Å². The van der Waals surface area contributed by atoms with Crippen molar-refractivity contribution in [1.82, 2.24) is 19.7 Å². The molecule has 1 unspecified atom stereocenters. The van der Waals surface area contributed by atoms with Crippen molar-refractivity contribution >= 4 is 11.6 Å². The molecule has 1 aromatic rings. The average Bonchev–Trinajstić information content (AvgIpc) is 3.12. The van der Waals surface area contributed by atoms with E-state index in [0.29, 0.717) is 42.0 Å². The Hall–Kier alpha value is -2.19. The summed E-state index contributed by atoms with van der Waals surface area (Å²) in [5, 5.41) is 4.52. The predicted molar refractivity (Wildman–Crippen MR) is 100 cm³/mol. The van der Waals surface area contributed by atoms with Crippen LogP contribution >= 0.6 is 11.6 Å². The predicted octanol–water partition coefficient (Wildman–Crippen LogP) is 5.10. The number of nitrogens with zero attached hydrogens (tertiary/aromatic N) is 4. The third-order valence-electron chi connectivity index (χ3n) is 4.69. The minimum absolute atomic E-state index is 0.00835. The summed E-state index contributed by atoms with van der Waals surface area (Å²) in [5.41, 5.74) is 1.70. The summed E-state index contributed by atoms with van der Waals surface area (Å²) >= 11 is 6.29. The molecule has 0 amide bonds. The molecule has 0 aromatic heterocycles. The zero-order valence-electron chi connectivity index (χ0n) is 15.7. The molecule has 3 rings (SSSR count). The van der Waals surface area contributed by atoms with E-state index in [1.165, 1.54) is 12.4 Å². The molecule has 0 fully saturated rings. The van der Waals surface area contributed by atoms with Gasteiger partial charge in [0.2, 0.25) is 0 Å². The lowest BCUT2D eigenvalue weighted by Crippen LogP contribution is -2.16. The Balaban J connectivity index is 2.20. The lowest BCUT2D eigenvalue weighted by Gasteiger charge is -2.21. The van der Waals surface area contributed by atoms with Crippen LogP contribution in [0.4, 0.5) is 13.2 Å². The summed E-state index contributed by atoms with van der Waals surface area (Å²) in [6.07, 6.45) is -1.74. The molecule has 1 atom stereocenters. The zero-order valence-corrected chi connectivity index (χ0v) is 16.5. The summed E-state index contributed by atoms with van der Waals surface area (Å²) in [5.74, 6) is 0.427. The molecular weight excluding hydrogens is 393 g/mol. The minimum Gasteiger partial charge on any atom is -0.382 e. The monoisotopic (exact) mass is 412 g/mol. The molecule has 0 radical (unpaired) electrons. The van der Waals surface area contributed by atoms with E-state index in [1.807, 2.05) is 13.8 Å². The van der Waals surface area contributed by atoms with Crippen molar-refractivity contribution in [1.29, 1.82) is 0 Å².